The van der Waals surface area contributed by atoms with Crippen LogP contribution in [-0.4, -0.2) is 43.4 Å². The van der Waals surface area contributed by atoms with Crippen molar-refractivity contribution in [2.45, 2.75) is 13.0 Å². The molecule has 0 bridgehead atoms. The van der Waals surface area contributed by atoms with Crippen molar-refractivity contribution in [2.24, 2.45) is 5.84 Å². The van der Waals surface area contributed by atoms with Crippen LogP contribution in [0.25, 0.3) is 0 Å². The minimum Gasteiger partial charge on any atom is -0.382 e. The van der Waals surface area contributed by atoms with Gasteiger partial charge in [0.15, 0.2) is 0 Å². The Morgan fingerprint density at radius 1 is 1.41 bits per heavy atom. The van der Waals surface area contributed by atoms with Crippen molar-refractivity contribution in [3.63, 3.8) is 0 Å². The molecule has 1 heterocycles. The number of nitrogens with one attached hydrogen (secondary N) is 2. The van der Waals surface area contributed by atoms with E-state index in [1.54, 1.807) is 14.2 Å². The lowest BCUT2D eigenvalue weighted by molar-refractivity contribution is 0.0365. The molecule has 0 aromatic carbocycles. The highest BCUT2D eigenvalue weighted by Crippen LogP contribution is 2.08. The molecule has 7 heteroatoms. The SMILES string of the molecule is COCC(CNc1cc(C)nc(NN)n1)OC. The van der Waals surface area contributed by atoms with Crippen LogP contribution in [0.4, 0.5) is 11.8 Å². The van der Waals surface area contributed by atoms with Crippen molar-refractivity contribution in [3.05, 3.63) is 11.8 Å². The van der Waals surface area contributed by atoms with Gasteiger partial charge in [-0.25, -0.2) is 10.8 Å². The number of hydrogen-bond donors (Lipinski definition) is 3. The Labute approximate surface area is 101 Å². The lowest BCUT2D eigenvalue weighted by Gasteiger charge is -2.15. The third-order valence-corrected chi connectivity index (χ3v) is 2.18. The normalized spacial score (nSPS) is 12.2. The van der Waals surface area contributed by atoms with E-state index in [4.69, 9.17) is 15.3 Å². The van der Waals surface area contributed by atoms with Gasteiger partial charge in [-0.3, -0.25) is 5.43 Å². The Balaban J connectivity index is 2.58. The summed E-state index contributed by atoms with van der Waals surface area (Å²) >= 11 is 0. The van der Waals surface area contributed by atoms with E-state index >= 15 is 0 Å². The number of anilines is 2. The first-order valence-electron chi connectivity index (χ1n) is 5.27. The number of ether oxygens (including phenoxy) is 2. The van der Waals surface area contributed by atoms with Crippen LogP contribution in [0, 0.1) is 6.92 Å². The van der Waals surface area contributed by atoms with Crippen molar-refractivity contribution >= 4 is 11.8 Å². The first kappa shape index (κ1) is 13.6. The number of rotatable bonds is 7. The molecule has 1 atom stereocenters. The highest BCUT2D eigenvalue weighted by atomic mass is 16.5. The van der Waals surface area contributed by atoms with Crippen molar-refractivity contribution < 1.29 is 9.47 Å². The summed E-state index contributed by atoms with van der Waals surface area (Å²) in [5.41, 5.74) is 3.25. The first-order valence-corrected chi connectivity index (χ1v) is 5.27. The van der Waals surface area contributed by atoms with Gasteiger partial charge >= 0.3 is 0 Å². The summed E-state index contributed by atoms with van der Waals surface area (Å²) in [6.07, 6.45) is -0.0236. The van der Waals surface area contributed by atoms with Crippen molar-refractivity contribution in [3.8, 4) is 0 Å². The Morgan fingerprint density at radius 3 is 2.76 bits per heavy atom. The molecule has 0 aliphatic rings. The molecule has 7 nitrogen and oxygen atoms in total. The largest absolute Gasteiger partial charge is 0.382 e. The molecular weight excluding hydrogens is 222 g/mol. The molecule has 0 amide bonds. The summed E-state index contributed by atoms with van der Waals surface area (Å²) in [6, 6.07) is 1.83. The average Bonchev–Trinajstić information content (AvgIpc) is 2.33. The van der Waals surface area contributed by atoms with Gasteiger partial charge in [0.1, 0.15) is 5.82 Å². The van der Waals surface area contributed by atoms with E-state index < -0.39 is 0 Å². The summed E-state index contributed by atoms with van der Waals surface area (Å²) in [6.45, 7) is 3.00. The molecule has 0 radical (unpaired) electrons. The van der Waals surface area contributed by atoms with E-state index in [9.17, 15) is 0 Å². The molecule has 0 spiro atoms. The molecule has 0 saturated carbocycles. The molecule has 4 N–H and O–H groups in total. The Kier molecular flexibility index (Phi) is 5.61. The van der Waals surface area contributed by atoms with Crippen LogP contribution >= 0.6 is 0 Å². The minimum absolute atomic E-state index is 0.0236. The molecule has 0 saturated heterocycles. The van der Waals surface area contributed by atoms with Crippen molar-refractivity contribution in [1.82, 2.24) is 9.97 Å². The maximum absolute atomic E-state index is 5.27. The molecule has 17 heavy (non-hydrogen) atoms. The Morgan fingerprint density at radius 2 is 2.18 bits per heavy atom. The molecule has 0 fully saturated rings. The molecule has 0 aliphatic carbocycles. The maximum Gasteiger partial charge on any atom is 0.239 e. The van der Waals surface area contributed by atoms with Gasteiger partial charge in [0.05, 0.1) is 12.7 Å². The van der Waals surface area contributed by atoms with Crippen LogP contribution in [-0.2, 0) is 9.47 Å². The smallest absolute Gasteiger partial charge is 0.239 e. The number of nitrogen functional groups attached to an aromatic ring is 1. The van der Waals surface area contributed by atoms with E-state index in [0.717, 1.165) is 5.69 Å². The average molecular weight is 241 g/mol. The van der Waals surface area contributed by atoms with E-state index in [2.05, 4.69) is 20.7 Å². The summed E-state index contributed by atoms with van der Waals surface area (Å²) in [5, 5.41) is 3.14. The fraction of sp³-hybridized carbons (Fsp3) is 0.600. The number of hydrogen-bond acceptors (Lipinski definition) is 7. The van der Waals surface area contributed by atoms with Crippen LogP contribution in [0.2, 0.25) is 0 Å². The fourth-order valence-corrected chi connectivity index (χ4v) is 1.34. The molecule has 96 valence electrons. The van der Waals surface area contributed by atoms with Gasteiger partial charge in [0.25, 0.3) is 0 Å². The monoisotopic (exact) mass is 241 g/mol. The number of methoxy groups -OCH3 is 2. The van der Waals surface area contributed by atoms with Crippen molar-refractivity contribution in [1.29, 1.82) is 0 Å². The number of aryl methyl sites for hydroxylation is 1. The highest BCUT2D eigenvalue weighted by Gasteiger charge is 2.07. The standard InChI is InChI=1S/C10H19N5O2/c1-7-4-9(14-10(13-7)15-11)12-5-8(17-3)6-16-2/h4,8H,5-6,11H2,1-3H3,(H2,12,13,14,15). The van der Waals surface area contributed by atoms with Gasteiger partial charge in [-0.2, -0.15) is 4.98 Å². The second-order valence-electron chi connectivity index (χ2n) is 3.56. The van der Waals surface area contributed by atoms with E-state index in [1.807, 2.05) is 13.0 Å². The summed E-state index contributed by atoms with van der Waals surface area (Å²) < 4.78 is 10.2. The summed E-state index contributed by atoms with van der Waals surface area (Å²) in [7, 11) is 3.28. The molecule has 0 aliphatic heterocycles. The predicted octanol–water partition coefficient (Wildman–Crippen LogP) is 0.144. The highest BCUT2D eigenvalue weighted by molar-refractivity contribution is 5.41. The van der Waals surface area contributed by atoms with Gasteiger partial charge < -0.3 is 14.8 Å². The Bertz CT molecular complexity index is 347. The lowest BCUT2D eigenvalue weighted by atomic mass is 10.3. The number of hydrazine groups is 1. The molecule has 1 rings (SSSR count). The van der Waals surface area contributed by atoms with Gasteiger partial charge in [-0.15, -0.1) is 0 Å². The van der Waals surface area contributed by atoms with Crippen LogP contribution in [0.15, 0.2) is 6.07 Å². The third-order valence-electron chi connectivity index (χ3n) is 2.18. The Hall–Kier alpha value is -1.44. The number of nitrogens with zero attached hydrogens (tertiary/aromatic N) is 2. The number of aromatic nitrogens is 2. The molecular formula is C10H19N5O2. The fourth-order valence-electron chi connectivity index (χ4n) is 1.34. The second kappa shape index (κ2) is 7.00. The quantitative estimate of drug-likeness (QED) is 0.462. The van der Waals surface area contributed by atoms with Crippen molar-refractivity contribution in [2.75, 3.05) is 38.1 Å². The zero-order chi connectivity index (χ0) is 12.7. The minimum atomic E-state index is -0.0236. The van der Waals surface area contributed by atoms with Gasteiger partial charge in [-0.1, -0.05) is 0 Å². The van der Waals surface area contributed by atoms with Gasteiger partial charge in [-0.05, 0) is 6.92 Å². The summed E-state index contributed by atoms with van der Waals surface area (Å²) in [5.74, 6) is 6.35. The van der Waals surface area contributed by atoms with Crippen LogP contribution in [0.3, 0.4) is 0 Å². The lowest BCUT2D eigenvalue weighted by Crippen LogP contribution is -2.27. The predicted molar refractivity (Wildman–Crippen MR) is 65.7 cm³/mol. The van der Waals surface area contributed by atoms with Gasteiger partial charge in [0.2, 0.25) is 5.95 Å². The summed E-state index contributed by atoms with van der Waals surface area (Å²) in [4.78, 5) is 8.26. The van der Waals surface area contributed by atoms with Gasteiger partial charge in [0, 0.05) is 32.5 Å². The maximum atomic E-state index is 5.27. The van der Waals surface area contributed by atoms with Crippen LogP contribution < -0.4 is 16.6 Å². The second-order valence-corrected chi connectivity index (χ2v) is 3.56. The zero-order valence-electron chi connectivity index (χ0n) is 10.4. The zero-order valence-corrected chi connectivity index (χ0v) is 10.4. The molecule has 1 aromatic rings. The third kappa shape index (κ3) is 4.51. The molecule has 1 unspecified atom stereocenters. The van der Waals surface area contributed by atoms with E-state index in [-0.39, 0.29) is 6.10 Å². The number of nitrogens with two attached hydrogens (primary N) is 1. The molecule has 1 aromatic heterocycles. The first-order chi connectivity index (χ1) is 8.19. The van der Waals surface area contributed by atoms with E-state index in [1.165, 1.54) is 0 Å². The van der Waals surface area contributed by atoms with E-state index in [0.29, 0.717) is 24.9 Å². The van der Waals surface area contributed by atoms with Crippen LogP contribution in [0.5, 0.6) is 0 Å². The van der Waals surface area contributed by atoms with Crippen LogP contribution in [0.1, 0.15) is 5.69 Å². The topological polar surface area (TPSA) is 94.3 Å².